The lowest BCUT2D eigenvalue weighted by Gasteiger charge is -2.31. The van der Waals surface area contributed by atoms with Crippen molar-refractivity contribution in [3.63, 3.8) is 0 Å². The molecule has 0 aromatic carbocycles. The van der Waals surface area contributed by atoms with Gasteiger partial charge in [0, 0.05) is 17.5 Å². The molecule has 1 rings (SSSR count). The summed E-state index contributed by atoms with van der Waals surface area (Å²) in [6.45, 7) is 0.266. The number of hydrogen-bond donors (Lipinski definition) is 1. The lowest BCUT2D eigenvalue weighted by molar-refractivity contribution is -0.0938. The molecule has 1 heterocycles. The fourth-order valence-corrected chi connectivity index (χ4v) is 1.33. The predicted molar refractivity (Wildman–Crippen MR) is 41.3 cm³/mol. The van der Waals surface area contributed by atoms with Crippen LogP contribution in [0.15, 0.2) is 0 Å². The molecule has 0 unspecified atom stereocenters. The van der Waals surface area contributed by atoms with E-state index in [2.05, 4.69) is 10.2 Å². The molecule has 0 spiro atoms. The second-order valence-corrected chi connectivity index (χ2v) is 3.19. The van der Waals surface area contributed by atoms with Crippen LogP contribution in [-0.4, -0.2) is 36.6 Å². The van der Waals surface area contributed by atoms with Gasteiger partial charge in [-0.1, -0.05) is 0 Å². The summed E-state index contributed by atoms with van der Waals surface area (Å²) in [6, 6.07) is 0.511. The summed E-state index contributed by atoms with van der Waals surface area (Å²) >= 11 is 1.88. The molecule has 0 saturated carbocycles. The van der Waals surface area contributed by atoms with Gasteiger partial charge >= 0.3 is 0 Å². The lowest BCUT2D eigenvalue weighted by atomic mass is 10.4. The van der Waals surface area contributed by atoms with E-state index < -0.39 is 0 Å². The zero-order valence-electron chi connectivity index (χ0n) is 5.87. The van der Waals surface area contributed by atoms with Crippen molar-refractivity contribution in [3.8, 4) is 0 Å². The summed E-state index contributed by atoms with van der Waals surface area (Å²) in [6.07, 6.45) is 0. The van der Waals surface area contributed by atoms with Crippen LogP contribution in [0.3, 0.4) is 0 Å². The van der Waals surface area contributed by atoms with Crippen LogP contribution in [0.2, 0.25) is 0 Å². The second-order valence-electron chi connectivity index (χ2n) is 2.11. The van der Waals surface area contributed by atoms with Crippen LogP contribution in [0.25, 0.3) is 0 Å². The molecule has 5 heteroatoms. The van der Waals surface area contributed by atoms with Crippen molar-refractivity contribution < 1.29 is 4.84 Å². The number of hydrogen-bond acceptors (Lipinski definition) is 5. The minimum Gasteiger partial charge on any atom is -0.761 e. The summed E-state index contributed by atoms with van der Waals surface area (Å²) in [5.74, 6) is 2.22. The first kappa shape index (κ1) is 8.29. The molecule has 1 N–H and O–H groups in total. The van der Waals surface area contributed by atoms with Gasteiger partial charge in [-0.3, -0.25) is 5.32 Å². The van der Waals surface area contributed by atoms with Crippen molar-refractivity contribution in [2.24, 2.45) is 0 Å². The van der Waals surface area contributed by atoms with E-state index in [4.69, 9.17) is 0 Å². The van der Waals surface area contributed by atoms with Crippen molar-refractivity contribution in [1.82, 2.24) is 10.5 Å². The van der Waals surface area contributed by atoms with E-state index in [9.17, 15) is 5.21 Å². The van der Waals surface area contributed by atoms with Crippen molar-refractivity contribution in [1.29, 1.82) is 0 Å². The molecule has 1 aliphatic rings. The molecule has 0 bridgehead atoms. The quantitative estimate of drug-likeness (QED) is 0.467. The van der Waals surface area contributed by atoms with Gasteiger partial charge in [0.2, 0.25) is 0 Å². The van der Waals surface area contributed by atoms with Crippen molar-refractivity contribution in [3.05, 3.63) is 5.21 Å². The Morgan fingerprint density at radius 3 is 2.90 bits per heavy atom. The molecule has 0 aliphatic carbocycles. The molecule has 10 heavy (non-hydrogen) atoms. The highest BCUT2D eigenvalue weighted by Crippen LogP contribution is 2.16. The Morgan fingerprint density at radius 2 is 2.50 bits per heavy atom. The Morgan fingerprint density at radius 1 is 1.80 bits per heavy atom. The molecule has 0 amide bonds. The van der Waals surface area contributed by atoms with Crippen LogP contribution in [0.4, 0.5) is 0 Å². The van der Waals surface area contributed by atoms with Gasteiger partial charge in [0.1, 0.15) is 0 Å². The van der Waals surface area contributed by atoms with Gasteiger partial charge in [-0.2, -0.15) is 11.8 Å². The van der Waals surface area contributed by atoms with Gasteiger partial charge in [0.15, 0.2) is 0 Å². The maximum absolute atomic E-state index is 10.5. The Kier molecular flexibility index (Phi) is 3.44. The standard InChI is InChI=1S/C5H11N2O2S/c1-9-7(8)4-6-5-2-10-3-5/h5-6H,2-4H2,1H3/q-1. The fraction of sp³-hybridized carbons (Fsp3) is 1.00. The van der Waals surface area contributed by atoms with Gasteiger partial charge in [0.05, 0.1) is 13.8 Å². The topological polar surface area (TPSA) is 47.6 Å². The summed E-state index contributed by atoms with van der Waals surface area (Å²) in [7, 11) is 1.37. The van der Waals surface area contributed by atoms with Gasteiger partial charge in [-0.05, 0) is 0 Å². The highest BCUT2D eigenvalue weighted by atomic mass is 32.2. The molecular weight excluding hydrogens is 152 g/mol. The van der Waals surface area contributed by atoms with Crippen molar-refractivity contribution in [2.75, 3.05) is 25.3 Å². The Balaban J connectivity index is 1.93. The maximum Gasteiger partial charge on any atom is 0.0599 e. The SMILES string of the molecule is CON([O-])CNC1CSC1. The van der Waals surface area contributed by atoms with E-state index in [0.29, 0.717) is 11.3 Å². The smallest absolute Gasteiger partial charge is 0.0599 e. The van der Waals surface area contributed by atoms with E-state index in [-0.39, 0.29) is 6.67 Å². The first-order valence-electron chi connectivity index (χ1n) is 3.13. The highest BCUT2D eigenvalue weighted by molar-refractivity contribution is 8.00. The minimum atomic E-state index is 0.266. The first-order chi connectivity index (χ1) is 4.83. The molecule has 4 nitrogen and oxygen atoms in total. The largest absolute Gasteiger partial charge is 0.761 e. The number of nitrogens with zero attached hydrogens (tertiary/aromatic N) is 1. The number of rotatable bonds is 4. The summed E-state index contributed by atoms with van der Waals surface area (Å²) < 4.78 is 0. The Hall–Kier alpha value is 0.190. The third-order valence-electron chi connectivity index (χ3n) is 1.35. The molecule has 1 saturated heterocycles. The molecule has 60 valence electrons. The average molecular weight is 163 g/mol. The summed E-state index contributed by atoms with van der Waals surface area (Å²) in [5, 5.41) is 14.0. The normalized spacial score (nSPS) is 19.5. The molecule has 0 aromatic rings. The predicted octanol–water partition coefficient (Wildman–Crippen LogP) is 0.0101. The van der Waals surface area contributed by atoms with Gasteiger partial charge in [-0.15, -0.1) is 0 Å². The first-order valence-corrected chi connectivity index (χ1v) is 4.28. The van der Waals surface area contributed by atoms with E-state index >= 15 is 0 Å². The van der Waals surface area contributed by atoms with E-state index in [1.807, 2.05) is 11.8 Å². The zero-order valence-corrected chi connectivity index (χ0v) is 6.69. The minimum absolute atomic E-state index is 0.266. The van der Waals surface area contributed by atoms with Crippen LogP contribution in [0.5, 0.6) is 0 Å². The van der Waals surface area contributed by atoms with Crippen LogP contribution < -0.4 is 5.32 Å². The van der Waals surface area contributed by atoms with Crippen LogP contribution >= 0.6 is 11.8 Å². The molecule has 1 aliphatic heterocycles. The summed E-state index contributed by atoms with van der Waals surface area (Å²) in [4.78, 5) is 4.38. The van der Waals surface area contributed by atoms with Gasteiger partial charge < -0.3 is 10.0 Å². The average Bonchev–Trinajstić information content (AvgIpc) is 1.84. The lowest BCUT2D eigenvalue weighted by Crippen LogP contribution is -2.44. The summed E-state index contributed by atoms with van der Waals surface area (Å²) in [5.41, 5.74) is 0. The van der Waals surface area contributed by atoms with E-state index in [1.54, 1.807) is 0 Å². The number of nitrogens with one attached hydrogen (secondary N) is 1. The van der Waals surface area contributed by atoms with Crippen molar-refractivity contribution >= 4 is 11.8 Å². The molecule has 1 fully saturated rings. The Labute approximate surface area is 64.4 Å². The van der Waals surface area contributed by atoms with Crippen LogP contribution in [-0.2, 0) is 4.84 Å². The van der Waals surface area contributed by atoms with Gasteiger partial charge in [-0.25, -0.2) is 5.23 Å². The monoisotopic (exact) mass is 163 g/mol. The number of hydroxylamine groups is 2. The third kappa shape index (κ3) is 2.43. The van der Waals surface area contributed by atoms with Crippen LogP contribution in [0.1, 0.15) is 0 Å². The molecular formula is C5H11N2O2S-. The molecule has 0 atom stereocenters. The third-order valence-corrected chi connectivity index (χ3v) is 2.63. The Bertz CT molecular complexity index is 94.9. The maximum atomic E-state index is 10.5. The molecule has 0 aromatic heterocycles. The van der Waals surface area contributed by atoms with E-state index in [1.165, 1.54) is 7.11 Å². The van der Waals surface area contributed by atoms with Crippen LogP contribution in [0, 0.1) is 5.21 Å². The number of thioether (sulfide) groups is 1. The molecule has 0 radical (unpaired) electrons. The highest BCUT2D eigenvalue weighted by Gasteiger charge is 2.16. The fourth-order valence-electron chi connectivity index (χ4n) is 0.622. The zero-order chi connectivity index (χ0) is 7.40. The van der Waals surface area contributed by atoms with Crippen molar-refractivity contribution in [2.45, 2.75) is 6.04 Å². The van der Waals surface area contributed by atoms with Gasteiger partial charge in [0.25, 0.3) is 0 Å². The second kappa shape index (κ2) is 4.15. The van der Waals surface area contributed by atoms with E-state index in [0.717, 1.165) is 11.5 Å².